The molecule has 0 amide bonds. The molecule has 0 atom stereocenters. The number of nitrogens with zero attached hydrogens (tertiary/aromatic N) is 2. The van der Waals surface area contributed by atoms with Crippen LogP contribution in [0.3, 0.4) is 0 Å². The Bertz CT molecular complexity index is 612. The first-order valence-electron chi connectivity index (χ1n) is 10.3. The minimum atomic E-state index is 0.627. The van der Waals surface area contributed by atoms with Gasteiger partial charge in [-0.15, -0.1) is 0 Å². The van der Waals surface area contributed by atoms with Gasteiger partial charge in [0.2, 0.25) is 0 Å². The summed E-state index contributed by atoms with van der Waals surface area (Å²) in [6.45, 7) is 9.09. The van der Waals surface area contributed by atoms with Gasteiger partial charge in [-0.3, -0.25) is 4.99 Å². The van der Waals surface area contributed by atoms with Gasteiger partial charge in [0, 0.05) is 20.1 Å². The Morgan fingerprint density at radius 1 is 1.11 bits per heavy atom. The number of ether oxygens (including phenoxy) is 2. The van der Waals surface area contributed by atoms with Crippen LogP contribution in [-0.4, -0.2) is 63.8 Å². The van der Waals surface area contributed by atoms with Crippen molar-refractivity contribution in [3.05, 3.63) is 23.8 Å². The highest BCUT2D eigenvalue weighted by Gasteiger charge is 2.15. The Hall–Kier alpha value is -1.95. The molecule has 27 heavy (non-hydrogen) atoms. The summed E-state index contributed by atoms with van der Waals surface area (Å²) in [4.78, 5) is 6.90. The lowest BCUT2D eigenvalue weighted by molar-refractivity contribution is 0.171. The average molecular weight is 375 g/mol. The maximum atomic E-state index is 5.65. The van der Waals surface area contributed by atoms with Gasteiger partial charge in [0.15, 0.2) is 17.5 Å². The maximum absolute atomic E-state index is 5.65. The van der Waals surface area contributed by atoms with Gasteiger partial charge in [-0.25, -0.2) is 0 Å². The molecule has 3 rings (SSSR count). The highest BCUT2D eigenvalue weighted by molar-refractivity contribution is 5.79. The fourth-order valence-corrected chi connectivity index (χ4v) is 3.58. The molecule has 1 aromatic carbocycles. The minimum absolute atomic E-state index is 0.627. The van der Waals surface area contributed by atoms with Gasteiger partial charge < -0.3 is 25.0 Å². The summed E-state index contributed by atoms with van der Waals surface area (Å²) in [5, 5.41) is 6.82. The van der Waals surface area contributed by atoms with Crippen molar-refractivity contribution in [3.8, 4) is 11.5 Å². The number of aliphatic imine (C=N–C) groups is 1. The van der Waals surface area contributed by atoms with E-state index < -0.39 is 0 Å². The molecule has 2 heterocycles. The van der Waals surface area contributed by atoms with Gasteiger partial charge in [-0.1, -0.05) is 13.0 Å². The molecule has 2 aliphatic heterocycles. The summed E-state index contributed by atoms with van der Waals surface area (Å²) in [7, 11) is 1.82. The van der Waals surface area contributed by atoms with Crippen LogP contribution in [0.5, 0.6) is 11.5 Å². The lowest BCUT2D eigenvalue weighted by Gasteiger charge is -2.30. The van der Waals surface area contributed by atoms with Crippen molar-refractivity contribution in [1.82, 2.24) is 15.5 Å². The fourth-order valence-electron chi connectivity index (χ4n) is 3.58. The summed E-state index contributed by atoms with van der Waals surface area (Å²) in [5.41, 5.74) is 1.24. The number of rotatable bonds is 7. The first kappa shape index (κ1) is 19.8. The normalized spacial score (nSPS) is 18.4. The van der Waals surface area contributed by atoms with Crippen molar-refractivity contribution in [3.63, 3.8) is 0 Å². The topological polar surface area (TPSA) is 58.1 Å². The Kier molecular flexibility index (Phi) is 7.63. The second-order valence-corrected chi connectivity index (χ2v) is 7.53. The zero-order valence-electron chi connectivity index (χ0n) is 16.8. The molecule has 0 aliphatic carbocycles. The van der Waals surface area contributed by atoms with Crippen molar-refractivity contribution in [2.45, 2.75) is 32.6 Å². The standard InChI is InChI=1S/C21H34N4O2/c1-17-7-12-25(13-8-17)11-3-9-23-21(22-2)24-10-6-18-4-5-19-20(16-18)27-15-14-26-19/h4-5,16-17H,3,6-15H2,1-2H3,(H2,22,23,24). The molecule has 1 saturated heterocycles. The van der Waals surface area contributed by atoms with Crippen molar-refractivity contribution < 1.29 is 9.47 Å². The second kappa shape index (κ2) is 10.4. The third-order valence-electron chi connectivity index (χ3n) is 5.36. The molecule has 6 nitrogen and oxygen atoms in total. The number of nitrogens with one attached hydrogen (secondary N) is 2. The smallest absolute Gasteiger partial charge is 0.190 e. The molecular weight excluding hydrogens is 340 g/mol. The fraction of sp³-hybridized carbons (Fsp3) is 0.667. The van der Waals surface area contributed by atoms with Crippen LogP contribution in [0.2, 0.25) is 0 Å². The van der Waals surface area contributed by atoms with Gasteiger partial charge >= 0.3 is 0 Å². The van der Waals surface area contributed by atoms with Crippen molar-refractivity contribution >= 4 is 5.96 Å². The number of likely N-dealkylation sites (tertiary alicyclic amines) is 1. The number of hydrogen-bond donors (Lipinski definition) is 2. The zero-order chi connectivity index (χ0) is 18.9. The number of guanidine groups is 1. The van der Waals surface area contributed by atoms with Crippen LogP contribution in [0.15, 0.2) is 23.2 Å². The molecular formula is C21H34N4O2. The van der Waals surface area contributed by atoms with Crippen LogP contribution in [0.25, 0.3) is 0 Å². The summed E-state index contributed by atoms with van der Waals surface area (Å²) in [6, 6.07) is 6.18. The predicted octanol–water partition coefficient (Wildman–Crippen LogP) is 2.29. The van der Waals surface area contributed by atoms with Crippen LogP contribution in [0.4, 0.5) is 0 Å². The van der Waals surface area contributed by atoms with E-state index >= 15 is 0 Å². The summed E-state index contributed by atoms with van der Waals surface area (Å²) in [6.07, 6.45) is 4.76. The van der Waals surface area contributed by atoms with E-state index in [4.69, 9.17) is 9.47 Å². The molecule has 0 bridgehead atoms. The van der Waals surface area contributed by atoms with E-state index in [1.807, 2.05) is 13.1 Å². The molecule has 1 fully saturated rings. The molecule has 0 spiro atoms. The van der Waals surface area contributed by atoms with Crippen LogP contribution < -0.4 is 20.1 Å². The lowest BCUT2D eigenvalue weighted by Crippen LogP contribution is -2.40. The Morgan fingerprint density at radius 2 is 1.85 bits per heavy atom. The largest absolute Gasteiger partial charge is 0.486 e. The molecule has 0 aromatic heterocycles. The van der Waals surface area contributed by atoms with E-state index in [-0.39, 0.29) is 0 Å². The van der Waals surface area contributed by atoms with Gasteiger partial charge in [0.1, 0.15) is 13.2 Å². The van der Waals surface area contributed by atoms with E-state index in [0.717, 1.165) is 49.3 Å². The number of hydrogen-bond acceptors (Lipinski definition) is 4. The first-order chi connectivity index (χ1) is 13.2. The minimum Gasteiger partial charge on any atom is -0.486 e. The molecule has 150 valence electrons. The maximum Gasteiger partial charge on any atom is 0.190 e. The van der Waals surface area contributed by atoms with Crippen molar-refractivity contribution in [1.29, 1.82) is 0 Å². The Labute approximate surface area is 163 Å². The quantitative estimate of drug-likeness (QED) is 0.436. The van der Waals surface area contributed by atoms with Crippen LogP contribution in [-0.2, 0) is 6.42 Å². The van der Waals surface area contributed by atoms with E-state index in [9.17, 15) is 0 Å². The van der Waals surface area contributed by atoms with Gasteiger partial charge in [-0.2, -0.15) is 0 Å². The van der Waals surface area contributed by atoms with Crippen molar-refractivity contribution in [2.24, 2.45) is 10.9 Å². The summed E-state index contributed by atoms with van der Waals surface area (Å²) < 4.78 is 11.2. The molecule has 2 N–H and O–H groups in total. The zero-order valence-corrected chi connectivity index (χ0v) is 16.8. The van der Waals surface area contributed by atoms with E-state index in [1.165, 1.54) is 38.0 Å². The first-order valence-corrected chi connectivity index (χ1v) is 10.3. The van der Waals surface area contributed by atoms with Crippen molar-refractivity contribution in [2.75, 3.05) is 53.0 Å². The van der Waals surface area contributed by atoms with Gasteiger partial charge in [0.05, 0.1) is 0 Å². The highest BCUT2D eigenvalue weighted by atomic mass is 16.6. The average Bonchev–Trinajstić information content (AvgIpc) is 2.71. The molecule has 6 heteroatoms. The SMILES string of the molecule is CN=C(NCCCN1CCC(C)CC1)NCCc1ccc2c(c1)OCCO2. The number of fused-ring (bicyclic) bond motifs is 1. The molecule has 1 aromatic rings. The van der Waals surface area contributed by atoms with Gasteiger partial charge in [-0.05, 0) is 68.9 Å². The monoisotopic (exact) mass is 374 g/mol. The molecule has 0 unspecified atom stereocenters. The molecule has 0 radical (unpaired) electrons. The van der Waals surface area contributed by atoms with Gasteiger partial charge in [0.25, 0.3) is 0 Å². The highest BCUT2D eigenvalue weighted by Crippen LogP contribution is 2.30. The van der Waals surface area contributed by atoms with E-state index in [2.05, 4.69) is 39.6 Å². The summed E-state index contributed by atoms with van der Waals surface area (Å²) >= 11 is 0. The second-order valence-electron chi connectivity index (χ2n) is 7.53. The Balaban J connectivity index is 1.31. The number of benzene rings is 1. The lowest BCUT2D eigenvalue weighted by atomic mass is 9.99. The predicted molar refractivity (Wildman–Crippen MR) is 110 cm³/mol. The van der Waals surface area contributed by atoms with Crippen LogP contribution >= 0.6 is 0 Å². The number of piperidine rings is 1. The van der Waals surface area contributed by atoms with E-state index in [0.29, 0.717) is 13.2 Å². The molecule has 2 aliphatic rings. The third kappa shape index (κ3) is 6.31. The van der Waals surface area contributed by atoms with Crippen LogP contribution in [0.1, 0.15) is 31.7 Å². The van der Waals surface area contributed by atoms with Crippen LogP contribution in [0, 0.1) is 5.92 Å². The third-order valence-corrected chi connectivity index (χ3v) is 5.36. The van der Waals surface area contributed by atoms with E-state index in [1.54, 1.807) is 0 Å². The summed E-state index contributed by atoms with van der Waals surface area (Å²) in [5.74, 6) is 3.48. The Morgan fingerprint density at radius 3 is 2.63 bits per heavy atom. The molecule has 0 saturated carbocycles.